The second-order valence-electron chi connectivity index (χ2n) is 4.54. The van der Waals surface area contributed by atoms with Crippen LogP contribution in [0.25, 0.3) is 0 Å². The first-order chi connectivity index (χ1) is 9.02. The molecule has 0 aliphatic carbocycles. The van der Waals surface area contributed by atoms with Gasteiger partial charge in [0, 0.05) is 17.8 Å². The molecule has 0 fully saturated rings. The maximum atomic E-state index is 13.0. The summed E-state index contributed by atoms with van der Waals surface area (Å²) in [4.78, 5) is 0. The van der Waals surface area contributed by atoms with E-state index in [-0.39, 0.29) is 11.9 Å². The van der Waals surface area contributed by atoms with Gasteiger partial charge in [0.15, 0.2) is 0 Å². The molecule has 2 aromatic carbocycles. The third-order valence-electron chi connectivity index (χ3n) is 2.71. The quantitative estimate of drug-likeness (QED) is 0.875. The molecule has 2 rings (SSSR count). The molecule has 0 aromatic heterocycles. The average Bonchev–Trinajstić information content (AvgIpc) is 2.26. The number of benzene rings is 2. The monoisotopic (exact) mass is 265 g/mol. The standard InChI is InChI=1S/C15H14F3N/c1-10(5-11-3-2-4-12(16)6-11)19-15-8-13(17)7-14(18)9-15/h2-4,6-10,19H,5H2,1H3. The van der Waals surface area contributed by atoms with E-state index < -0.39 is 11.6 Å². The Kier molecular flexibility index (Phi) is 4.10. The van der Waals surface area contributed by atoms with E-state index in [4.69, 9.17) is 0 Å². The summed E-state index contributed by atoms with van der Waals surface area (Å²) in [5.41, 5.74) is 1.21. The Labute approximate surface area is 110 Å². The first-order valence-corrected chi connectivity index (χ1v) is 6.00. The lowest BCUT2D eigenvalue weighted by atomic mass is 10.1. The molecule has 19 heavy (non-hydrogen) atoms. The van der Waals surface area contributed by atoms with Crippen LogP contribution in [0.2, 0.25) is 0 Å². The molecule has 0 aliphatic heterocycles. The lowest BCUT2D eigenvalue weighted by molar-refractivity contribution is 0.583. The van der Waals surface area contributed by atoms with Gasteiger partial charge in [-0.05, 0) is 43.2 Å². The molecule has 0 radical (unpaired) electrons. The molecule has 2 aromatic rings. The SMILES string of the molecule is CC(Cc1cccc(F)c1)Nc1cc(F)cc(F)c1. The van der Waals surface area contributed by atoms with Crippen LogP contribution in [0, 0.1) is 17.5 Å². The smallest absolute Gasteiger partial charge is 0.128 e. The van der Waals surface area contributed by atoms with Crippen LogP contribution in [-0.2, 0) is 6.42 Å². The van der Waals surface area contributed by atoms with Crippen molar-refractivity contribution < 1.29 is 13.2 Å². The third-order valence-corrected chi connectivity index (χ3v) is 2.71. The fourth-order valence-corrected chi connectivity index (χ4v) is 1.99. The maximum Gasteiger partial charge on any atom is 0.128 e. The van der Waals surface area contributed by atoms with Gasteiger partial charge in [0.25, 0.3) is 0 Å². The van der Waals surface area contributed by atoms with E-state index in [1.54, 1.807) is 6.07 Å². The minimum atomic E-state index is -0.625. The van der Waals surface area contributed by atoms with Crippen molar-refractivity contribution in [3.8, 4) is 0 Å². The van der Waals surface area contributed by atoms with Gasteiger partial charge in [0.2, 0.25) is 0 Å². The lowest BCUT2D eigenvalue weighted by Crippen LogP contribution is -2.18. The number of nitrogens with one attached hydrogen (secondary N) is 1. The Hall–Kier alpha value is -1.97. The fraction of sp³-hybridized carbons (Fsp3) is 0.200. The van der Waals surface area contributed by atoms with Crippen molar-refractivity contribution in [1.29, 1.82) is 0 Å². The van der Waals surface area contributed by atoms with E-state index in [0.29, 0.717) is 12.1 Å². The summed E-state index contributed by atoms with van der Waals surface area (Å²) in [5.74, 6) is -1.54. The summed E-state index contributed by atoms with van der Waals surface area (Å²) >= 11 is 0. The number of hydrogen-bond donors (Lipinski definition) is 1. The molecule has 0 aliphatic rings. The van der Waals surface area contributed by atoms with Crippen LogP contribution >= 0.6 is 0 Å². The molecule has 0 saturated carbocycles. The van der Waals surface area contributed by atoms with Crippen molar-refractivity contribution in [3.05, 3.63) is 65.5 Å². The van der Waals surface area contributed by atoms with Crippen molar-refractivity contribution in [2.24, 2.45) is 0 Å². The van der Waals surface area contributed by atoms with E-state index in [1.165, 1.54) is 24.3 Å². The van der Waals surface area contributed by atoms with Crippen LogP contribution in [0.4, 0.5) is 18.9 Å². The Morgan fingerprint density at radius 3 is 2.26 bits per heavy atom. The van der Waals surface area contributed by atoms with Crippen molar-refractivity contribution in [2.45, 2.75) is 19.4 Å². The Bertz CT molecular complexity index is 549. The summed E-state index contributed by atoms with van der Waals surface area (Å²) in [7, 11) is 0. The number of halogens is 3. The van der Waals surface area contributed by atoms with Crippen molar-refractivity contribution in [2.75, 3.05) is 5.32 Å². The molecule has 0 saturated heterocycles. The normalized spacial score (nSPS) is 12.2. The van der Waals surface area contributed by atoms with Crippen LogP contribution in [0.1, 0.15) is 12.5 Å². The Morgan fingerprint density at radius 2 is 1.63 bits per heavy atom. The van der Waals surface area contributed by atoms with E-state index in [0.717, 1.165) is 11.6 Å². The summed E-state index contributed by atoms with van der Waals surface area (Å²) in [6, 6.07) is 9.49. The van der Waals surface area contributed by atoms with Crippen LogP contribution in [0.15, 0.2) is 42.5 Å². The van der Waals surface area contributed by atoms with E-state index >= 15 is 0 Å². The Morgan fingerprint density at radius 1 is 0.947 bits per heavy atom. The predicted molar refractivity (Wildman–Crippen MR) is 69.5 cm³/mol. The van der Waals surface area contributed by atoms with Gasteiger partial charge in [-0.15, -0.1) is 0 Å². The molecular weight excluding hydrogens is 251 g/mol. The van der Waals surface area contributed by atoms with Crippen molar-refractivity contribution in [3.63, 3.8) is 0 Å². The molecule has 4 heteroatoms. The summed E-state index contributed by atoms with van der Waals surface area (Å²) < 4.78 is 39.1. The molecule has 1 atom stereocenters. The first-order valence-electron chi connectivity index (χ1n) is 6.00. The van der Waals surface area contributed by atoms with Crippen LogP contribution in [-0.4, -0.2) is 6.04 Å². The Balaban J connectivity index is 2.03. The van der Waals surface area contributed by atoms with Gasteiger partial charge in [0.1, 0.15) is 17.5 Å². The molecule has 0 bridgehead atoms. The second-order valence-corrected chi connectivity index (χ2v) is 4.54. The summed E-state index contributed by atoms with van der Waals surface area (Å²) in [6.45, 7) is 1.87. The van der Waals surface area contributed by atoms with Gasteiger partial charge in [-0.25, -0.2) is 13.2 Å². The fourth-order valence-electron chi connectivity index (χ4n) is 1.99. The maximum absolute atomic E-state index is 13.0. The lowest BCUT2D eigenvalue weighted by Gasteiger charge is -2.15. The van der Waals surface area contributed by atoms with Gasteiger partial charge >= 0.3 is 0 Å². The zero-order chi connectivity index (χ0) is 13.8. The van der Waals surface area contributed by atoms with E-state index in [1.807, 2.05) is 13.0 Å². The van der Waals surface area contributed by atoms with E-state index in [9.17, 15) is 13.2 Å². The molecule has 0 spiro atoms. The second kappa shape index (κ2) is 5.78. The summed E-state index contributed by atoms with van der Waals surface area (Å²) in [5, 5.41) is 2.99. The van der Waals surface area contributed by atoms with Gasteiger partial charge in [0.05, 0.1) is 0 Å². The molecule has 1 unspecified atom stereocenters. The van der Waals surface area contributed by atoms with Crippen molar-refractivity contribution >= 4 is 5.69 Å². The number of anilines is 1. The van der Waals surface area contributed by atoms with Crippen LogP contribution < -0.4 is 5.32 Å². The minimum absolute atomic E-state index is 0.0667. The summed E-state index contributed by atoms with van der Waals surface area (Å²) in [6.07, 6.45) is 0.565. The molecule has 1 nitrogen and oxygen atoms in total. The van der Waals surface area contributed by atoms with Crippen LogP contribution in [0.3, 0.4) is 0 Å². The zero-order valence-corrected chi connectivity index (χ0v) is 10.5. The highest BCUT2D eigenvalue weighted by atomic mass is 19.1. The van der Waals surface area contributed by atoms with Gasteiger partial charge in [-0.1, -0.05) is 12.1 Å². The minimum Gasteiger partial charge on any atom is -0.382 e. The highest BCUT2D eigenvalue weighted by Gasteiger charge is 2.06. The van der Waals surface area contributed by atoms with Gasteiger partial charge in [-0.3, -0.25) is 0 Å². The molecule has 0 amide bonds. The zero-order valence-electron chi connectivity index (χ0n) is 10.5. The first kappa shape index (κ1) is 13.5. The molecule has 100 valence electrons. The molecule has 0 heterocycles. The highest BCUT2D eigenvalue weighted by Crippen LogP contribution is 2.15. The molecular formula is C15H14F3N. The predicted octanol–water partition coefficient (Wildman–Crippen LogP) is 4.15. The van der Waals surface area contributed by atoms with E-state index in [2.05, 4.69) is 5.32 Å². The number of hydrogen-bond acceptors (Lipinski definition) is 1. The average molecular weight is 265 g/mol. The van der Waals surface area contributed by atoms with Gasteiger partial charge < -0.3 is 5.32 Å². The largest absolute Gasteiger partial charge is 0.382 e. The molecule has 1 N–H and O–H groups in total. The van der Waals surface area contributed by atoms with Crippen LogP contribution in [0.5, 0.6) is 0 Å². The van der Waals surface area contributed by atoms with Gasteiger partial charge in [-0.2, -0.15) is 0 Å². The van der Waals surface area contributed by atoms with Crippen molar-refractivity contribution in [1.82, 2.24) is 0 Å². The topological polar surface area (TPSA) is 12.0 Å². The third kappa shape index (κ3) is 4.02. The number of rotatable bonds is 4. The highest BCUT2D eigenvalue weighted by molar-refractivity contribution is 5.44.